The predicted octanol–water partition coefficient (Wildman–Crippen LogP) is 3.08. The molecule has 1 aromatic heterocycles. The normalized spacial score (nSPS) is 27.4. The molecule has 0 aromatic carbocycles. The summed E-state index contributed by atoms with van der Waals surface area (Å²) >= 11 is 0. The van der Waals surface area contributed by atoms with Crippen LogP contribution in [0.15, 0.2) is 24.4 Å². The van der Waals surface area contributed by atoms with Crippen molar-refractivity contribution in [1.82, 2.24) is 4.98 Å². The second-order valence-electron chi connectivity index (χ2n) is 6.53. The van der Waals surface area contributed by atoms with Crippen molar-refractivity contribution in [3.05, 3.63) is 30.1 Å². The van der Waals surface area contributed by atoms with Crippen molar-refractivity contribution in [2.24, 2.45) is 11.7 Å². The van der Waals surface area contributed by atoms with Crippen molar-refractivity contribution in [3.63, 3.8) is 0 Å². The summed E-state index contributed by atoms with van der Waals surface area (Å²) in [6, 6.07) is 6.30. The quantitative estimate of drug-likeness (QED) is 0.921. The Hall–Kier alpha value is -0.930. The molecule has 1 aliphatic carbocycles. The molecule has 2 unspecified atom stereocenters. The highest BCUT2D eigenvalue weighted by molar-refractivity contribution is 5.06. The highest BCUT2D eigenvalue weighted by atomic mass is 16.5. The molecule has 2 heterocycles. The van der Waals surface area contributed by atoms with Crippen LogP contribution >= 0.6 is 0 Å². The van der Waals surface area contributed by atoms with Crippen molar-refractivity contribution in [3.8, 4) is 0 Å². The molecule has 20 heavy (non-hydrogen) atoms. The average molecular weight is 274 g/mol. The number of pyridine rings is 1. The Kier molecular flexibility index (Phi) is 4.37. The summed E-state index contributed by atoms with van der Waals surface area (Å²) in [4.78, 5) is 4.41. The predicted molar refractivity (Wildman–Crippen MR) is 80.4 cm³/mol. The zero-order chi connectivity index (χ0) is 13.8. The first kappa shape index (κ1) is 14.0. The zero-order valence-corrected chi connectivity index (χ0v) is 12.3. The van der Waals surface area contributed by atoms with Gasteiger partial charge in [0.1, 0.15) is 0 Å². The maximum absolute atomic E-state index is 6.47. The molecule has 1 spiro atoms. The van der Waals surface area contributed by atoms with Gasteiger partial charge in [0.25, 0.3) is 0 Å². The Labute approximate surface area is 121 Å². The lowest BCUT2D eigenvalue weighted by molar-refractivity contribution is -0.120. The standard InChI is InChI=1S/C17H26N2O/c18-16(12-15-6-2-5-10-19-15)14-7-11-20-17(13-14)8-3-1-4-9-17/h2,5-6,10,14,16H,1,3-4,7-9,11-13,18H2. The van der Waals surface area contributed by atoms with Gasteiger partial charge in [-0.15, -0.1) is 0 Å². The summed E-state index contributed by atoms with van der Waals surface area (Å²) in [5.41, 5.74) is 7.75. The molecule has 110 valence electrons. The Morgan fingerprint density at radius 1 is 1.30 bits per heavy atom. The molecule has 2 N–H and O–H groups in total. The van der Waals surface area contributed by atoms with E-state index in [4.69, 9.17) is 10.5 Å². The molecule has 1 saturated carbocycles. The lowest BCUT2D eigenvalue weighted by atomic mass is 9.73. The third-order valence-corrected chi connectivity index (χ3v) is 5.07. The molecule has 2 atom stereocenters. The molecule has 1 saturated heterocycles. The van der Waals surface area contributed by atoms with Crippen LogP contribution in [0.5, 0.6) is 0 Å². The van der Waals surface area contributed by atoms with Crippen LogP contribution in [0.1, 0.15) is 50.6 Å². The fourth-order valence-corrected chi connectivity index (χ4v) is 3.90. The smallest absolute Gasteiger partial charge is 0.0685 e. The minimum atomic E-state index is 0.156. The topological polar surface area (TPSA) is 48.1 Å². The van der Waals surface area contributed by atoms with Gasteiger partial charge in [-0.2, -0.15) is 0 Å². The van der Waals surface area contributed by atoms with Crippen LogP contribution in [0.2, 0.25) is 0 Å². The second-order valence-corrected chi connectivity index (χ2v) is 6.53. The molecule has 3 rings (SSSR count). The van der Waals surface area contributed by atoms with Crippen molar-refractivity contribution in [1.29, 1.82) is 0 Å². The Morgan fingerprint density at radius 2 is 2.15 bits per heavy atom. The molecule has 2 aliphatic rings. The number of aromatic nitrogens is 1. The van der Waals surface area contributed by atoms with Crippen LogP contribution in [0.4, 0.5) is 0 Å². The molecular formula is C17H26N2O. The van der Waals surface area contributed by atoms with Crippen LogP contribution in [-0.2, 0) is 11.2 Å². The van der Waals surface area contributed by atoms with E-state index >= 15 is 0 Å². The van der Waals surface area contributed by atoms with Gasteiger partial charge in [0.15, 0.2) is 0 Å². The first-order chi connectivity index (χ1) is 9.77. The molecule has 3 nitrogen and oxygen atoms in total. The van der Waals surface area contributed by atoms with E-state index in [-0.39, 0.29) is 11.6 Å². The van der Waals surface area contributed by atoms with Crippen molar-refractivity contribution >= 4 is 0 Å². The van der Waals surface area contributed by atoms with Gasteiger partial charge in [-0.1, -0.05) is 25.3 Å². The minimum absolute atomic E-state index is 0.156. The van der Waals surface area contributed by atoms with E-state index in [1.165, 1.54) is 32.1 Å². The second kappa shape index (κ2) is 6.23. The largest absolute Gasteiger partial charge is 0.375 e. The fraction of sp³-hybridized carbons (Fsp3) is 0.706. The van der Waals surface area contributed by atoms with E-state index in [1.54, 1.807) is 0 Å². The first-order valence-corrected chi connectivity index (χ1v) is 8.07. The van der Waals surface area contributed by atoms with Gasteiger partial charge in [0.05, 0.1) is 5.60 Å². The van der Waals surface area contributed by atoms with Crippen LogP contribution in [-0.4, -0.2) is 23.2 Å². The van der Waals surface area contributed by atoms with Crippen molar-refractivity contribution < 1.29 is 4.74 Å². The van der Waals surface area contributed by atoms with Crippen molar-refractivity contribution in [2.75, 3.05) is 6.61 Å². The number of hydrogen-bond acceptors (Lipinski definition) is 3. The maximum Gasteiger partial charge on any atom is 0.0685 e. The van der Waals surface area contributed by atoms with Gasteiger partial charge >= 0.3 is 0 Å². The monoisotopic (exact) mass is 274 g/mol. The van der Waals surface area contributed by atoms with Gasteiger partial charge in [-0.25, -0.2) is 0 Å². The molecule has 0 bridgehead atoms. The van der Waals surface area contributed by atoms with Gasteiger partial charge in [-0.3, -0.25) is 4.98 Å². The highest BCUT2D eigenvalue weighted by Gasteiger charge is 2.40. The van der Waals surface area contributed by atoms with Crippen LogP contribution < -0.4 is 5.73 Å². The number of nitrogens with two attached hydrogens (primary N) is 1. The summed E-state index contributed by atoms with van der Waals surface area (Å²) in [6.45, 7) is 0.889. The van der Waals surface area contributed by atoms with Crippen LogP contribution in [0.3, 0.4) is 0 Å². The van der Waals surface area contributed by atoms with Gasteiger partial charge in [-0.05, 0) is 43.7 Å². The summed E-state index contributed by atoms with van der Waals surface area (Å²) in [7, 11) is 0. The van der Waals surface area contributed by atoms with E-state index in [1.807, 2.05) is 18.3 Å². The average Bonchev–Trinajstić information content (AvgIpc) is 2.49. The molecule has 1 aromatic rings. The van der Waals surface area contributed by atoms with Crippen LogP contribution in [0.25, 0.3) is 0 Å². The molecular weight excluding hydrogens is 248 g/mol. The van der Waals surface area contributed by atoms with Gasteiger partial charge in [0, 0.05) is 31.0 Å². The SMILES string of the molecule is NC(Cc1ccccn1)C1CCOC2(CCCCC2)C1. The third-order valence-electron chi connectivity index (χ3n) is 5.07. The van der Waals surface area contributed by atoms with Gasteiger partial charge in [0.2, 0.25) is 0 Å². The van der Waals surface area contributed by atoms with E-state index in [2.05, 4.69) is 11.1 Å². The number of ether oxygens (including phenoxy) is 1. The lowest BCUT2D eigenvalue weighted by Gasteiger charge is -2.45. The number of hydrogen-bond donors (Lipinski definition) is 1. The Balaban J connectivity index is 1.61. The summed E-state index contributed by atoms with van der Waals surface area (Å²) < 4.78 is 6.17. The zero-order valence-electron chi connectivity index (χ0n) is 12.3. The maximum atomic E-state index is 6.47. The van der Waals surface area contributed by atoms with E-state index in [0.717, 1.165) is 31.6 Å². The van der Waals surface area contributed by atoms with Gasteiger partial charge < -0.3 is 10.5 Å². The third kappa shape index (κ3) is 3.21. The summed E-state index contributed by atoms with van der Waals surface area (Å²) in [6.07, 6.45) is 11.5. The Morgan fingerprint density at radius 3 is 2.90 bits per heavy atom. The lowest BCUT2D eigenvalue weighted by Crippen LogP contribution is -2.47. The molecule has 3 heteroatoms. The molecule has 0 amide bonds. The summed E-state index contributed by atoms with van der Waals surface area (Å²) in [5.74, 6) is 0.587. The van der Waals surface area contributed by atoms with E-state index < -0.39 is 0 Å². The number of rotatable bonds is 3. The highest BCUT2D eigenvalue weighted by Crippen LogP contribution is 2.41. The van der Waals surface area contributed by atoms with E-state index in [9.17, 15) is 0 Å². The van der Waals surface area contributed by atoms with Crippen molar-refractivity contribution in [2.45, 2.75) is 63.0 Å². The minimum Gasteiger partial charge on any atom is -0.375 e. The Bertz CT molecular complexity index is 409. The fourth-order valence-electron chi connectivity index (χ4n) is 3.90. The molecule has 2 fully saturated rings. The first-order valence-electron chi connectivity index (χ1n) is 8.07. The molecule has 1 aliphatic heterocycles. The number of nitrogens with zero attached hydrogens (tertiary/aromatic N) is 1. The van der Waals surface area contributed by atoms with E-state index in [0.29, 0.717) is 5.92 Å². The summed E-state index contributed by atoms with van der Waals surface area (Å²) in [5, 5.41) is 0. The van der Waals surface area contributed by atoms with Crippen LogP contribution in [0, 0.1) is 5.92 Å². The molecule has 0 radical (unpaired) electrons.